The minimum atomic E-state index is -3.86. The van der Waals surface area contributed by atoms with Gasteiger partial charge in [0.1, 0.15) is 0 Å². The lowest BCUT2D eigenvalue weighted by molar-refractivity contribution is -0.163. The van der Waals surface area contributed by atoms with Crippen molar-refractivity contribution in [2.24, 2.45) is 5.92 Å². The fourth-order valence-electron chi connectivity index (χ4n) is 3.86. The monoisotopic (exact) mass is 417 g/mol. The van der Waals surface area contributed by atoms with Gasteiger partial charge in [0, 0.05) is 18.1 Å². The third-order valence-corrected chi connectivity index (χ3v) is 7.47. The Morgan fingerprint density at radius 1 is 1.14 bits per heavy atom. The molecule has 29 heavy (non-hydrogen) atoms. The van der Waals surface area contributed by atoms with Gasteiger partial charge in [-0.3, -0.25) is 10.0 Å². The van der Waals surface area contributed by atoms with Crippen molar-refractivity contribution in [1.29, 1.82) is 0 Å². The predicted octanol–water partition coefficient (Wildman–Crippen LogP) is 1.47. The lowest BCUT2D eigenvalue weighted by Gasteiger charge is -2.41. The maximum Gasteiger partial charge on any atom is 0.348 e. The molecule has 0 spiro atoms. The van der Waals surface area contributed by atoms with E-state index in [0.717, 1.165) is 0 Å². The second-order valence-electron chi connectivity index (χ2n) is 6.97. The normalized spacial score (nSPS) is 24.6. The second kappa shape index (κ2) is 7.41. The van der Waals surface area contributed by atoms with Gasteiger partial charge in [-0.25, -0.2) is 23.2 Å². The number of anilines is 2. The van der Waals surface area contributed by atoms with Gasteiger partial charge < -0.3 is 10.6 Å². The van der Waals surface area contributed by atoms with Gasteiger partial charge in [0.15, 0.2) is 9.84 Å². The summed E-state index contributed by atoms with van der Waals surface area (Å²) in [6, 6.07) is 6.01. The van der Waals surface area contributed by atoms with Gasteiger partial charge in [-0.1, -0.05) is 12.5 Å². The first kappa shape index (κ1) is 19.3. The fraction of sp³-hybridized carbons (Fsp3) is 0.333. The first-order valence-corrected chi connectivity index (χ1v) is 10.6. The summed E-state index contributed by atoms with van der Waals surface area (Å²) < 4.78 is 26.7. The minimum Gasteiger partial charge on any atom is -0.331 e. The van der Waals surface area contributed by atoms with Gasteiger partial charge in [-0.2, -0.15) is 0 Å². The van der Waals surface area contributed by atoms with E-state index in [-0.39, 0.29) is 9.96 Å². The molecule has 0 bridgehead atoms. The number of hydroxylamine groups is 2. The van der Waals surface area contributed by atoms with Gasteiger partial charge >= 0.3 is 6.03 Å². The molecule has 1 saturated heterocycles. The number of aromatic nitrogens is 2. The van der Waals surface area contributed by atoms with Crippen molar-refractivity contribution >= 4 is 33.4 Å². The fourth-order valence-corrected chi connectivity index (χ4v) is 5.88. The SMILES string of the molecule is O=C1NC2C(CCCC2S(=O)(=O)c2cccc(Nc3ncccn3)c2)C(=O)N1O. The third kappa shape index (κ3) is 3.54. The molecule has 3 atom stereocenters. The van der Waals surface area contributed by atoms with Crippen LogP contribution in [0.5, 0.6) is 0 Å². The van der Waals surface area contributed by atoms with Crippen LogP contribution in [-0.2, 0) is 14.6 Å². The Morgan fingerprint density at radius 3 is 2.66 bits per heavy atom. The Kier molecular flexibility index (Phi) is 4.92. The van der Waals surface area contributed by atoms with Crippen LogP contribution in [0.25, 0.3) is 0 Å². The van der Waals surface area contributed by atoms with Crippen LogP contribution in [0.2, 0.25) is 0 Å². The van der Waals surface area contributed by atoms with E-state index in [2.05, 4.69) is 20.6 Å². The van der Waals surface area contributed by atoms with Gasteiger partial charge in [0.05, 0.1) is 22.1 Å². The Balaban J connectivity index is 1.63. The van der Waals surface area contributed by atoms with Gasteiger partial charge in [-0.15, -0.1) is 5.06 Å². The van der Waals surface area contributed by atoms with Crippen LogP contribution >= 0.6 is 0 Å². The molecule has 0 radical (unpaired) electrons. The highest BCUT2D eigenvalue weighted by Crippen LogP contribution is 2.35. The highest BCUT2D eigenvalue weighted by Gasteiger charge is 2.50. The maximum absolute atomic E-state index is 13.3. The number of nitrogens with zero attached hydrogens (tertiary/aromatic N) is 3. The summed E-state index contributed by atoms with van der Waals surface area (Å²) >= 11 is 0. The molecule has 1 aliphatic carbocycles. The topological polar surface area (TPSA) is 142 Å². The predicted molar refractivity (Wildman–Crippen MR) is 101 cm³/mol. The van der Waals surface area contributed by atoms with Crippen molar-refractivity contribution in [2.75, 3.05) is 5.32 Å². The molecular formula is C18H19N5O5S. The number of amides is 3. The largest absolute Gasteiger partial charge is 0.348 e. The number of hydrogen-bond acceptors (Lipinski definition) is 8. The Hall–Kier alpha value is -3.05. The lowest BCUT2D eigenvalue weighted by Crippen LogP contribution is -2.64. The van der Waals surface area contributed by atoms with E-state index < -0.39 is 39.0 Å². The third-order valence-electron chi connectivity index (χ3n) is 5.23. The van der Waals surface area contributed by atoms with E-state index in [0.29, 0.717) is 30.9 Å². The van der Waals surface area contributed by atoms with Crippen LogP contribution in [0.4, 0.5) is 16.4 Å². The summed E-state index contributed by atoms with van der Waals surface area (Å²) in [7, 11) is -3.86. The van der Waals surface area contributed by atoms with E-state index in [9.17, 15) is 23.2 Å². The number of carbonyl (C=O) groups excluding carboxylic acids is 2. The number of sulfone groups is 1. The van der Waals surface area contributed by atoms with Crippen molar-refractivity contribution in [3.05, 3.63) is 42.7 Å². The zero-order chi connectivity index (χ0) is 20.6. The van der Waals surface area contributed by atoms with E-state index in [4.69, 9.17) is 0 Å². The molecule has 1 aliphatic heterocycles. The summed E-state index contributed by atoms with van der Waals surface area (Å²) in [5, 5.41) is 14.1. The first-order valence-electron chi connectivity index (χ1n) is 9.09. The molecule has 4 rings (SSSR count). The van der Waals surface area contributed by atoms with Crippen molar-refractivity contribution in [3.8, 4) is 0 Å². The standard InChI is InChI=1S/C18H19N5O5S/c24-16-13-6-2-7-14(15(13)22-18(25)23(16)26)29(27,28)12-5-1-4-11(10-12)21-17-19-8-3-9-20-17/h1,3-5,8-10,13-15,26H,2,6-7H2,(H,22,25)(H,19,20,21). The van der Waals surface area contributed by atoms with E-state index >= 15 is 0 Å². The highest BCUT2D eigenvalue weighted by molar-refractivity contribution is 7.92. The summed E-state index contributed by atoms with van der Waals surface area (Å²) in [4.78, 5) is 32.2. The smallest absolute Gasteiger partial charge is 0.331 e. The highest BCUT2D eigenvalue weighted by atomic mass is 32.2. The Labute approximate surface area is 166 Å². The summed E-state index contributed by atoms with van der Waals surface area (Å²) in [6.07, 6.45) is 4.33. The van der Waals surface area contributed by atoms with Gasteiger partial charge in [-0.05, 0) is 37.1 Å². The molecule has 1 saturated carbocycles. The maximum atomic E-state index is 13.3. The second-order valence-corrected chi connectivity index (χ2v) is 9.14. The molecule has 1 aromatic carbocycles. The number of fused-ring (bicyclic) bond motifs is 1. The van der Waals surface area contributed by atoms with Gasteiger partial charge in [0.2, 0.25) is 5.95 Å². The summed E-state index contributed by atoms with van der Waals surface area (Å²) in [6.45, 7) is 0. The number of carbonyl (C=O) groups is 2. The molecule has 11 heteroatoms. The van der Waals surface area contributed by atoms with Crippen LogP contribution in [-0.4, -0.2) is 51.9 Å². The van der Waals surface area contributed by atoms with E-state index in [1.54, 1.807) is 30.6 Å². The number of imide groups is 1. The van der Waals surface area contributed by atoms with Gasteiger partial charge in [0.25, 0.3) is 5.91 Å². The molecule has 3 amide bonds. The zero-order valence-corrected chi connectivity index (χ0v) is 16.0. The first-order chi connectivity index (χ1) is 13.9. The van der Waals surface area contributed by atoms with Crippen molar-refractivity contribution in [3.63, 3.8) is 0 Å². The Morgan fingerprint density at radius 2 is 1.90 bits per heavy atom. The zero-order valence-electron chi connectivity index (χ0n) is 15.2. The van der Waals surface area contributed by atoms with Crippen LogP contribution in [0, 0.1) is 5.92 Å². The van der Waals surface area contributed by atoms with Crippen LogP contribution < -0.4 is 10.6 Å². The minimum absolute atomic E-state index is 0.0283. The number of nitrogens with one attached hydrogen (secondary N) is 2. The molecule has 2 aromatic rings. The quantitative estimate of drug-likeness (QED) is 0.635. The van der Waals surface area contributed by atoms with Crippen LogP contribution in [0.1, 0.15) is 19.3 Å². The average Bonchev–Trinajstić information content (AvgIpc) is 2.73. The van der Waals surface area contributed by atoms with Crippen molar-refractivity contribution < 1.29 is 23.2 Å². The molecule has 3 unspecified atom stereocenters. The number of benzene rings is 1. The molecular weight excluding hydrogens is 398 g/mol. The molecule has 3 N–H and O–H groups in total. The molecule has 10 nitrogen and oxygen atoms in total. The number of urea groups is 1. The number of rotatable bonds is 4. The molecule has 2 aliphatic rings. The van der Waals surface area contributed by atoms with E-state index in [1.165, 1.54) is 12.1 Å². The van der Waals surface area contributed by atoms with Crippen LogP contribution in [0.3, 0.4) is 0 Å². The summed E-state index contributed by atoms with van der Waals surface area (Å²) in [5.41, 5.74) is 0.495. The lowest BCUT2D eigenvalue weighted by atomic mass is 9.82. The van der Waals surface area contributed by atoms with Crippen molar-refractivity contribution in [2.45, 2.75) is 35.4 Å². The molecule has 2 fully saturated rings. The Bertz CT molecular complexity index is 1050. The van der Waals surface area contributed by atoms with Crippen LogP contribution in [0.15, 0.2) is 47.6 Å². The summed E-state index contributed by atoms with van der Waals surface area (Å²) in [5.74, 6) is -1.21. The molecule has 2 heterocycles. The molecule has 1 aromatic heterocycles. The molecule has 152 valence electrons. The number of hydrogen-bond donors (Lipinski definition) is 3. The average molecular weight is 417 g/mol. The van der Waals surface area contributed by atoms with E-state index in [1.807, 2.05) is 0 Å². The van der Waals surface area contributed by atoms with Crippen molar-refractivity contribution in [1.82, 2.24) is 20.3 Å².